The fourth-order valence-corrected chi connectivity index (χ4v) is 2.35. The van der Waals surface area contributed by atoms with Crippen molar-refractivity contribution in [2.24, 2.45) is 0 Å². The molecule has 0 aliphatic carbocycles. The summed E-state index contributed by atoms with van der Waals surface area (Å²) in [6, 6.07) is 13.7. The lowest BCUT2D eigenvalue weighted by atomic mass is 10.1. The average molecular weight is 349 g/mol. The van der Waals surface area contributed by atoms with Crippen molar-refractivity contribution in [3.05, 3.63) is 59.1 Å². The van der Waals surface area contributed by atoms with Crippen molar-refractivity contribution >= 4 is 23.3 Å². The van der Waals surface area contributed by atoms with Crippen LogP contribution in [0, 0.1) is 0 Å². The standard InChI is InChI=1S/C18H21ClN2O3/c1-2-24-17-9-3-13(4-10-17)11-16(12-22)21-18(23)20-15-7-5-14(19)6-8-15/h3-10,16,22H,2,11-12H2,1H3,(H2,20,21,23). The number of hydrogen-bond acceptors (Lipinski definition) is 3. The zero-order chi connectivity index (χ0) is 17.4. The second-order valence-electron chi connectivity index (χ2n) is 5.27. The van der Waals surface area contributed by atoms with Crippen molar-refractivity contribution < 1.29 is 14.6 Å². The van der Waals surface area contributed by atoms with Crippen molar-refractivity contribution in [3.63, 3.8) is 0 Å². The van der Waals surface area contributed by atoms with Crippen LogP contribution in [0.25, 0.3) is 0 Å². The molecule has 5 nitrogen and oxygen atoms in total. The number of carbonyl (C=O) groups is 1. The molecule has 0 spiro atoms. The number of hydrogen-bond donors (Lipinski definition) is 3. The molecule has 0 saturated carbocycles. The summed E-state index contributed by atoms with van der Waals surface area (Å²) in [6.07, 6.45) is 0.525. The lowest BCUT2D eigenvalue weighted by molar-refractivity contribution is 0.224. The number of nitrogens with one attached hydrogen (secondary N) is 2. The normalized spacial score (nSPS) is 11.6. The van der Waals surface area contributed by atoms with Crippen LogP contribution in [0.4, 0.5) is 10.5 Å². The molecule has 24 heavy (non-hydrogen) atoms. The maximum Gasteiger partial charge on any atom is 0.319 e. The summed E-state index contributed by atoms with van der Waals surface area (Å²) in [5.74, 6) is 0.801. The van der Waals surface area contributed by atoms with E-state index in [4.69, 9.17) is 16.3 Å². The van der Waals surface area contributed by atoms with Crippen LogP contribution < -0.4 is 15.4 Å². The number of carbonyl (C=O) groups excluding carboxylic acids is 1. The van der Waals surface area contributed by atoms with Crippen LogP contribution in [0.2, 0.25) is 5.02 Å². The van der Waals surface area contributed by atoms with Crippen LogP contribution in [0.1, 0.15) is 12.5 Å². The minimum absolute atomic E-state index is 0.152. The van der Waals surface area contributed by atoms with E-state index in [1.165, 1.54) is 0 Å². The molecule has 0 saturated heterocycles. The fraction of sp³-hybridized carbons (Fsp3) is 0.278. The second-order valence-corrected chi connectivity index (χ2v) is 5.70. The Morgan fingerprint density at radius 1 is 1.17 bits per heavy atom. The number of rotatable bonds is 7. The van der Waals surface area contributed by atoms with Gasteiger partial charge in [-0.15, -0.1) is 0 Å². The van der Waals surface area contributed by atoms with Crippen molar-refractivity contribution in [3.8, 4) is 5.75 Å². The van der Waals surface area contributed by atoms with E-state index in [1.54, 1.807) is 24.3 Å². The van der Waals surface area contributed by atoms with Crippen molar-refractivity contribution in [2.45, 2.75) is 19.4 Å². The number of ether oxygens (including phenoxy) is 1. The summed E-state index contributed by atoms with van der Waals surface area (Å²) in [5, 5.41) is 15.6. The van der Waals surface area contributed by atoms with Crippen LogP contribution in [0.15, 0.2) is 48.5 Å². The molecule has 0 heterocycles. The van der Waals surface area contributed by atoms with Crippen LogP contribution in [0.3, 0.4) is 0 Å². The summed E-state index contributed by atoms with van der Waals surface area (Å²) < 4.78 is 5.39. The Bertz CT molecular complexity index is 644. The third-order valence-electron chi connectivity index (χ3n) is 3.37. The highest BCUT2D eigenvalue weighted by molar-refractivity contribution is 6.30. The number of aliphatic hydroxyl groups is 1. The molecular formula is C18H21ClN2O3. The number of halogens is 1. The SMILES string of the molecule is CCOc1ccc(CC(CO)NC(=O)Nc2ccc(Cl)cc2)cc1. The van der Waals surface area contributed by atoms with Gasteiger partial charge < -0.3 is 20.5 Å². The zero-order valence-corrected chi connectivity index (χ0v) is 14.2. The van der Waals surface area contributed by atoms with Crippen molar-refractivity contribution in [1.29, 1.82) is 0 Å². The molecule has 0 aliphatic rings. The van der Waals surface area contributed by atoms with Gasteiger partial charge in [-0.05, 0) is 55.3 Å². The molecule has 0 aliphatic heterocycles. The molecule has 128 valence electrons. The predicted octanol–water partition coefficient (Wildman–Crippen LogP) is 3.46. The number of amides is 2. The average Bonchev–Trinajstić information content (AvgIpc) is 2.58. The molecule has 0 bridgehead atoms. The van der Waals surface area contributed by atoms with E-state index in [0.717, 1.165) is 11.3 Å². The third-order valence-corrected chi connectivity index (χ3v) is 3.63. The highest BCUT2D eigenvalue weighted by Gasteiger charge is 2.12. The molecule has 2 aromatic rings. The maximum atomic E-state index is 12.0. The smallest absolute Gasteiger partial charge is 0.319 e. The topological polar surface area (TPSA) is 70.6 Å². The Kier molecular flexibility index (Phi) is 6.90. The Hall–Kier alpha value is -2.24. The van der Waals surface area contributed by atoms with Gasteiger partial charge in [-0.1, -0.05) is 23.7 Å². The van der Waals surface area contributed by atoms with E-state index < -0.39 is 0 Å². The second kappa shape index (κ2) is 9.15. The Labute approximate surface area is 146 Å². The molecule has 1 unspecified atom stereocenters. The van der Waals surface area contributed by atoms with Gasteiger partial charge in [0.1, 0.15) is 5.75 Å². The Morgan fingerprint density at radius 3 is 2.42 bits per heavy atom. The van der Waals surface area contributed by atoms with Crippen LogP contribution >= 0.6 is 11.6 Å². The van der Waals surface area contributed by atoms with Crippen molar-refractivity contribution in [2.75, 3.05) is 18.5 Å². The van der Waals surface area contributed by atoms with Gasteiger partial charge in [-0.25, -0.2) is 4.79 Å². The first-order chi connectivity index (χ1) is 11.6. The Balaban J connectivity index is 1.88. The quantitative estimate of drug-likeness (QED) is 0.717. The summed E-state index contributed by atoms with van der Waals surface area (Å²) in [7, 11) is 0. The molecule has 0 aromatic heterocycles. The lowest BCUT2D eigenvalue weighted by Gasteiger charge is -2.17. The molecular weight excluding hydrogens is 328 g/mol. The van der Waals surface area contributed by atoms with E-state index in [0.29, 0.717) is 23.7 Å². The van der Waals surface area contributed by atoms with Crippen molar-refractivity contribution in [1.82, 2.24) is 5.32 Å². The lowest BCUT2D eigenvalue weighted by Crippen LogP contribution is -2.41. The van der Waals surface area contributed by atoms with Crippen LogP contribution in [0.5, 0.6) is 5.75 Å². The summed E-state index contributed by atoms with van der Waals surface area (Å²) >= 11 is 5.81. The Morgan fingerprint density at radius 2 is 1.83 bits per heavy atom. The number of anilines is 1. The first-order valence-corrected chi connectivity index (χ1v) is 8.14. The molecule has 2 rings (SSSR count). The first-order valence-electron chi connectivity index (χ1n) is 7.76. The van der Waals surface area contributed by atoms with Gasteiger partial charge in [0.05, 0.1) is 19.3 Å². The minimum Gasteiger partial charge on any atom is -0.494 e. The van der Waals surface area contributed by atoms with Crippen LogP contribution in [-0.4, -0.2) is 30.4 Å². The van der Waals surface area contributed by atoms with E-state index >= 15 is 0 Å². The number of urea groups is 1. The predicted molar refractivity (Wildman–Crippen MR) is 95.8 cm³/mol. The van der Waals surface area contributed by atoms with E-state index in [-0.39, 0.29) is 18.7 Å². The van der Waals surface area contributed by atoms with Gasteiger partial charge in [0.2, 0.25) is 0 Å². The third kappa shape index (κ3) is 5.76. The summed E-state index contributed by atoms with van der Waals surface area (Å²) in [6.45, 7) is 2.39. The highest BCUT2D eigenvalue weighted by atomic mass is 35.5. The van der Waals surface area contributed by atoms with Crippen LogP contribution in [-0.2, 0) is 6.42 Å². The molecule has 0 fully saturated rings. The van der Waals surface area contributed by atoms with Gasteiger partial charge in [0.15, 0.2) is 0 Å². The first kappa shape index (κ1) is 18.1. The summed E-state index contributed by atoms with van der Waals surface area (Å²) in [5.41, 5.74) is 1.64. The molecule has 6 heteroatoms. The van der Waals surface area contributed by atoms with E-state index in [1.807, 2.05) is 31.2 Å². The highest BCUT2D eigenvalue weighted by Crippen LogP contribution is 2.14. The van der Waals surface area contributed by atoms with Gasteiger partial charge in [-0.3, -0.25) is 0 Å². The molecule has 1 atom stereocenters. The number of benzene rings is 2. The van der Waals surface area contributed by atoms with E-state index in [9.17, 15) is 9.90 Å². The minimum atomic E-state index is -0.379. The fourth-order valence-electron chi connectivity index (χ4n) is 2.22. The van der Waals surface area contributed by atoms with Gasteiger partial charge in [0.25, 0.3) is 0 Å². The maximum absolute atomic E-state index is 12.0. The molecule has 2 aromatic carbocycles. The van der Waals surface area contributed by atoms with Gasteiger partial charge in [-0.2, -0.15) is 0 Å². The zero-order valence-electron chi connectivity index (χ0n) is 13.5. The van der Waals surface area contributed by atoms with E-state index in [2.05, 4.69) is 10.6 Å². The monoisotopic (exact) mass is 348 g/mol. The molecule has 0 radical (unpaired) electrons. The van der Waals surface area contributed by atoms with Gasteiger partial charge >= 0.3 is 6.03 Å². The van der Waals surface area contributed by atoms with Gasteiger partial charge in [0, 0.05) is 10.7 Å². The number of aliphatic hydroxyl groups excluding tert-OH is 1. The largest absolute Gasteiger partial charge is 0.494 e. The molecule has 3 N–H and O–H groups in total. The summed E-state index contributed by atoms with van der Waals surface area (Å²) in [4.78, 5) is 12.0. The molecule has 2 amide bonds.